The summed E-state index contributed by atoms with van der Waals surface area (Å²) in [5.41, 5.74) is 4.93. The first-order valence-electron chi connectivity index (χ1n) is 7.50. The quantitative estimate of drug-likeness (QED) is 0.717. The number of rotatable bonds is 4. The minimum absolute atomic E-state index is 0.207. The van der Waals surface area contributed by atoms with Gasteiger partial charge >= 0.3 is 0 Å². The Hall–Kier alpha value is -2.22. The summed E-state index contributed by atoms with van der Waals surface area (Å²) in [4.78, 5) is 6.69. The molecule has 5 radical (unpaired) electrons. The van der Waals surface area contributed by atoms with Crippen molar-refractivity contribution in [1.29, 1.82) is 0 Å². The van der Waals surface area contributed by atoms with Crippen LogP contribution in [0.3, 0.4) is 0 Å². The molecular formula is C20H17N2. The fourth-order valence-corrected chi connectivity index (χ4v) is 3.01. The van der Waals surface area contributed by atoms with Gasteiger partial charge in [0.1, 0.15) is 0 Å². The summed E-state index contributed by atoms with van der Waals surface area (Å²) in [7, 11) is 0. The van der Waals surface area contributed by atoms with Crippen molar-refractivity contribution >= 4 is 0 Å². The second-order valence-corrected chi connectivity index (χ2v) is 5.48. The number of nitrogens with one attached hydrogen (secondary N) is 2. The Balaban J connectivity index is 1.68. The number of hydrogen-bond acceptors (Lipinski definition) is 0. The van der Waals surface area contributed by atoms with Crippen molar-refractivity contribution in [2.24, 2.45) is 0 Å². The van der Waals surface area contributed by atoms with Crippen LogP contribution >= 0.6 is 0 Å². The molecule has 22 heavy (non-hydrogen) atoms. The molecule has 2 heteroatoms. The molecule has 107 valence electrons. The molecule has 3 aromatic rings. The number of aromatic amines is 2. The molecule has 1 saturated carbocycles. The number of aromatic nitrogens is 2. The van der Waals surface area contributed by atoms with Gasteiger partial charge in [-0.1, -0.05) is 24.3 Å². The number of benzene rings is 1. The molecule has 0 aliphatic heterocycles. The van der Waals surface area contributed by atoms with Crippen LogP contribution in [0.1, 0.15) is 28.4 Å². The van der Waals surface area contributed by atoms with Gasteiger partial charge in [-0.15, -0.1) is 0 Å². The largest absolute Gasteiger partial charge is 0.364 e. The van der Waals surface area contributed by atoms with E-state index in [2.05, 4.69) is 72.0 Å². The van der Waals surface area contributed by atoms with E-state index in [0.717, 1.165) is 0 Å². The summed E-state index contributed by atoms with van der Waals surface area (Å²) in [6.07, 6.45) is 12.4. The van der Waals surface area contributed by atoms with Crippen molar-refractivity contribution in [1.82, 2.24) is 9.97 Å². The molecular weight excluding hydrogens is 268 g/mol. The molecule has 2 aromatic heterocycles. The van der Waals surface area contributed by atoms with Gasteiger partial charge in [0.05, 0.1) is 5.92 Å². The van der Waals surface area contributed by atoms with Gasteiger partial charge in [-0.2, -0.15) is 0 Å². The number of H-pyrrole nitrogens is 2. The van der Waals surface area contributed by atoms with Crippen LogP contribution < -0.4 is 0 Å². The average molecular weight is 285 g/mol. The van der Waals surface area contributed by atoms with Gasteiger partial charge in [0.25, 0.3) is 0 Å². The zero-order valence-corrected chi connectivity index (χ0v) is 12.2. The smallest absolute Gasteiger partial charge is 0.0641 e. The van der Waals surface area contributed by atoms with E-state index < -0.39 is 0 Å². The van der Waals surface area contributed by atoms with Crippen LogP contribution in [0, 0.1) is 31.6 Å². The summed E-state index contributed by atoms with van der Waals surface area (Å²) in [6, 6.07) is 17.2. The van der Waals surface area contributed by atoms with E-state index >= 15 is 0 Å². The van der Waals surface area contributed by atoms with E-state index in [4.69, 9.17) is 0 Å². The Morgan fingerprint density at radius 1 is 0.682 bits per heavy atom. The Morgan fingerprint density at radius 2 is 1.27 bits per heavy atom. The molecule has 1 aromatic carbocycles. The lowest BCUT2D eigenvalue weighted by Crippen LogP contribution is -2.05. The zero-order chi connectivity index (χ0) is 14.8. The van der Waals surface area contributed by atoms with Crippen molar-refractivity contribution in [2.75, 3.05) is 0 Å². The van der Waals surface area contributed by atoms with Crippen molar-refractivity contribution in [2.45, 2.75) is 5.92 Å². The first-order valence-corrected chi connectivity index (χ1v) is 7.50. The summed E-state index contributed by atoms with van der Waals surface area (Å²) < 4.78 is 0. The standard InChI is InChI=1S/C20H17N2/c1-2-6-15(5-1)16-9-11-17(12-10-16)20(18-7-3-13-21-18)19-8-4-14-22-19/h1-14,20-22H. The fourth-order valence-electron chi connectivity index (χ4n) is 3.01. The third-order valence-corrected chi connectivity index (χ3v) is 4.11. The van der Waals surface area contributed by atoms with E-state index in [9.17, 15) is 0 Å². The van der Waals surface area contributed by atoms with Crippen LogP contribution in [0.4, 0.5) is 0 Å². The van der Waals surface area contributed by atoms with Gasteiger partial charge in [-0.05, 0) is 61.1 Å². The molecule has 1 fully saturated rings. The van der Waals surface area contributed by atoms with Crippen LogP contribution in [-0.4, -0.2) is 9.97 Å². The Kier molecular flexibility index (Phi) is 3.59. The molecule has 1 aliphatic rings. The molecule has 2 nitrogen and oxygen atoms in total. The van der Waals surface area contributed by atoms with E-state index in [-0.39, 0.29) is 5.92 Å². The minimum atomic E-state index is 0.207. The molecule has 2 heterocycles. The molecule has 0 amide bonds. The Bertz CT molecular complexity index is 653. The van der Waals surface area contributed by atoms with Gasteiger partial charge in [-0.3, -0.25) is 0 Å². The lowest BCUT2D eigenvalue weighted by molar-refractivity contribution is 0.897. The average Bonchev–Trinajstić information content (AvgIpc) is 3.32. The van der Waals surface area contributed by atoms with Crippen LogP contribution in [0.25, 0.3) is 0 Å². The predicted molar refractivity (Wildman–Crippen MR) is 88.5 cm³/mol. The molecule has 0 spiro atoms. The normalized spacial score (nSPS) is 15.7. The summed E-state index contributed by atoms with van der Waals surface area (Å²) in [5, 5.41) is 0. The van der Waals surface area contributed by atoms with Gasteiger partial charge in [0, 0.05) is 29.7 Å². The first-order chi connectivity index (χ1) is 10.9. The first kappa shape index (κ1) is 13.4. The van der Waals surface area contributed by atoms with E-state index in [1.54, 1.807) is 0 Å². The molecule has 0 unspecified atom stereocenters. The third kappa shape index (κ3) is 2.50. The predicted octanol–water partition coefficient (Wildman–Crippen LogP) is 4.28. The van der Waals surface area contributed by atoms with Crippen molar-refractivity contribution in [3.63, 3.8) is 0 Å². The molecule has 1 aliphatic carbocycles. The van der Waals surface area contributed by atoms with Crippen LogP contribution in [-0.2, 0) is 0 Å². The molecule has 0 bridgehead atoms. The van der Waals surface area contributed by atoms with Gasteiger partial charge in [0.2, 0.25) is 0 Å². The topological polar surface area (TPSA) is 31.6 Å². The highest BCUT2D eigenvalue weighted by atomic mass is 14.7. The van der Waals surface area contributed by atoms with Gasteiger partial charge in [-0.25, -0.2) is 0 Å². The third-order valence-electron chi connectivity index (χ3n) is 4.11. The maximum absolute atomic E-state index is 3.35. The van der Waals surface area contributed by atoms with E-state index in [1.165, 1.54) is 28.4 Å². The van der Waals surface area contributed by atoms with Crippen molar-refractivity contribution < 1.29 is 0 Å². The Morgan fingerprint density at radius 3 is 1.77 bits per heavy atom. The fraction of sp³-hybridized carbons (Fsp3) is 0.0500. The van der Waals surface area contributed by atoms with Crippen molar-refractivity contribution in [3.05, 3.63) is 115 Å². The van der Waals surface area contributed by atoms with Gasteiger partial charge in [0.15, 0.2) is 0 Å². The minimum Gasteiger partial charge on any atom is -0.364 e. The zero-order valence-electron chi connectivity index (χ0n) is 12.2. The second kappa shape index (κ2) is 5.88. The molecule has 2 N–H and O–H groups in total. The maximum atomic E-state index is 3.35. The van der Waals surface area contributed by atoms with Crippen molar-refractivity contribution in [3.8, 4) is 0 Å². The lowest BCUT2D eigenvalue weighted by atomic mass is 9.89. The molecule has 0 saturated heterocycles. The molecule has 4 rings (SSSR count). The lowest BCUT2D eigenvalue weighted by Gasteiger charge is -2.17. The highest BCUT2D eigenvalue weighted by Gasteiger charge is 2.21. The Labute approximate surface area is 131 Å². The SMILES string of the molecule is [CH]1[CH][CH][C](c2ccc(C(c3ccc[nH]3)c3ccc[nH]3)cc2)[CH]1. The van der Waals surface area contributed by atoms with Crippen LogP contribution in [0.5, 0.6) is 0 Å². The summed E-state index contributed by atoms with van der Waals surface area (Å²) >= 11 is 0. The number of hydrogen-bond donors (Lipinski definition) is 2. The van der Waals surface area contributed by atoms with E-state index in [1.807, 2.05) is 24.5 Å². The van der Waals surface area contributed by atoms with Crippen LogP contribution in [0.15, 0.2) is 60.9 Å². The second-order valence-electron chi connectivity index (χ2n) is 5.48. The van der Waals surface area contributed by atoms with Gasteiger partial charge < -0.3 is 9.97 Å². The summed E-state index contributed by atoms with van der Waals surface area (Å²) in [5.74, 6) is 1.47. The van der Waals surface area contributed by atoms with E-state index in [0.29, 0.717) is 0 Å². The highest BCUT2D eigenvalue weighted by Crippen LogP contribution is 2.33. The molecule has 0 atom stereocenters. The maximum Gasteiger partial charge on any atom is 0.0641 e. The van der Waals surface area contributed by atoms with Crippen LogP contribution in [0.2, 0.25) is 0 Å². The highest BCUT2D eigenvalue weighted by molar-refractivity contribution is 5.51. The summed E-state index contributed by atoms with van der Waals surface area (Å²) in [6.45, 7) is 0. The monoisotopic (exact) mass is 285 g/mol.